The second-order valence-corrected chi connectivity index (χ2v) is 7.18. The van der Waals surface area contributed by atoms with E-state index in [1.807, 2.05) is 0 Å². The molecule has 0 aliphatic carbocycles. The van der Waals surface area contributed by atoms with Crippen molar-refractivity contribution in [3.63, 3.8) is 0 Å². The summed E-state index contributed by atoms with van der Waals surface area (Å²) >= 11 is 0. The molecule has 0 amide bonds. The van der Waals surface area contributed by atoms with Crippen LogP contribution in [0.15, 0.2) is 35.4 Å². The topological polar surface area (TPSA) is 139 Å². The van der Waals surface area contributed by atoms with Crippen LogP contribution < -0.4 is 10.1 Å². The predicted octanol–water partition coefficient (Wildman–Crippen LogP) is 0.983. The van der Waals surface area contributed by atoms with E-state index in [0.717, 1.165) is 5.56 Å². The summed E-state index contributed by atoms with van der Waals surface area (Å²) in [6.07, 6.45) is 2.10. The Labute approximate surface area is 155 Å². The first-order chi connectivity index (χ1) is 12.9. The van der Waals surface area contributed by atoms with Crippen LogP contribution in [0.4, 0.5) is 5.82 Å². The third kappa shape index (κ3) is 4.51. The third-order valence-electron chi connectivity index (χ3n) is 3.79. The molecule has 0 spiro atoms. The minimum atomic E-state index is -4.22. The first-order valence-corrected chi connectivity index (χ1v) is 9.56. The fraction of sp³-hybridized carbons (Fsp3) is 0.312. The van der Waals surface area contributed by atoms with E-state index in [4.69, 9.17) is 14.4 Å². The zero-order chi connectivity index (χ0) is 19.4. The maximum absolute atomic E-state index is 11.1. The predicted molar refractivity (Wildman–Crippen MR) is 97.1 cm³/mol. The second kappa shape index (κ2) is 7.86. The Morgan fingerprint density at radius 3 is 2.63 bits per heavy atom. The summed E-state index contributed by atoms with van der Waals surface area (Å²) in [7, 11) is -2.46. The van der Waals surface area contributed by atoms with E-state index in [9.17, 15) is 8.42 Å². The minimum absolute atomic E-state index is 0.0125. The number of nitrogens with zero attached hydrogens (tertiary/aromatic N) is 4. The summed E-state index contributed by atoms with van der Waals surface area (Å²) in [6.45, 7) is 0.665. The van der Waals surface area contributed by atoms with E-state index in [1.165, 1.54) is 12.1 Å². The standard InChI is InChI=1S/C16H19N5O5S/c1-21-15-13(10-18-21)14(19-16(20-15)26-8-2-7-22)17-9-11-3-5-12(6-4-11)27(23,24)25/h3-6,10,22H,2,7-9H2,1H3,(H,17,19,20)(H,23,24,25). The van der Waals surface area contributed by atoms with Gasteiger partial charge in [-0.3, -0.25) is 9.23 Å². The van der Waals surface area contributed by atoms with E-state index >= 15 is 0 Å². The Morgan fingerprint density at radius 2 is 1.96 bits per heavy atom. The van der Waals surface area contributed by atoms with Crippen molar-refractivity contribution in [2.45, 2.75) is 17.9 Å². The highest BCUT2D eigenvalue weighted by Crippen LogP contribution is 2.23. The molecule has 2 heterocycles. The summed E-state index contributed by atoms with van der Waals surface area (Å²) < 4.78 is 38.3. The second-order valence-electron chi connectivity index (χ2n) is 5.76. The summed E-state index contributed by atoms with van der Waals surface area (Å²) in [4.78, 5) is 8.49. The van der Waals surface area contributed by atoms with E-state index < -0.39 is 10.1 Å². The molecule has 0 fully saturated rings. The Kier molecular flexibility index (Phi) is 5.54. The molecule has 0 unspecified atom stereocenters. The molecule has 0 bridgehead atoms. The van der Waals surface area contributed by atoms with Crippen molar-refractivity contribution in [2.24, 2.45) is 7.05 Å². The molecule has 10 nitrogen and oxygen atoms in total. The first kappa shape index (κ1) is 19.0. The molecule has 0 aliphatic heterocycles. The highest BCUT2D eigenvalue weighted by atomic mass is 32.2. The van der Waals surface area contributed by atoms with Crippen molar-refractivity contribution >= 4 is 27.0 Å². The van der Waals surface area contributed by atoms with Crippen molar-refractivity contribution in [1.82, 2.24) is 19.7 Å². The molecule has 144 valence electrons. The Hall–Kier alpha value is -2.76. The number of aliphatic hydroxyl groups excluding tert-OH is 1. The average Bonchev–Trinajstić information content (AvgIpc) is 3.01. The summed E-state index contributed by atoms with van der Waals surface area (Å²) in [5, 5.41) is 16.9. The molecule has 2 aromatic heterocycles. The van der Waals surface area contributed by atoms with Crippen molar-refractivity contribution in [3.8, 4) is 6.01 Å². The van der Waals surface area contributed by atoms with Gasteiger partial charge in [-0.1, -0.05) is 12.1 Å². The van der Waals surface area contributed by atoms with Gasteiger partial charge >= 0.3 is 6.01 Å². The summed E-state index contributed by atoms with van der Waals surface area (Å²) in [5.74, 6) is 0.519. The first-order valence-electron chi connectivity index (χ1n) is 8.12. The van der Waals surface area contributed by atoms with Crippen LogP contribution in [0.5, 0.6) is 6.01 Å². The normalized spacial score (nSPS) is 11.7. The van der Waals surface area contributed by atoms with Gasteiger partial charge in [0.15, 0.2) is 5.65 Å². The van der Waals surface area contributed by atoms with Crippen LogP contribution in [-0.4, -0.2) is 51.0 Å². The number of ether oxygens (including phenoxy) is 1. The molecule has 11 heteroatoms. The van der Waals surface area contributed by atoms with Crippen molar-refractivity contribution < 1.29 is 22.8 Å². The number of benzene rings is 1. The van der Waals surface area contributed by atoms with Gasteiger partial charge in [-0.05, 0) is 17.7 Å². The molecular formula is C16H19N5O5S. The molecule has 1 aromatic carbocycles. The number of hydrogen-bond acceptors (Lipinski definition) is 8. The largest absolute Gasteiger partial charge is 0.463 e. The zero-order valence-corrected chi connectivity index (χ0v) is 15.3. The van der Waals surface area contributed by atoms with Gasteiger partial charge in [0.25, 0.3) is 10.1 Å². The maximum Gasteiger partial charge on any atom is 0.320 e. The third-order valence-corrected chi connectivity index (χ3v) is 4.65. The number of nitrogens with one attached hydrogen (secondary N) is 1. The summed E-state index contributed by atoms with van der Waals surface area (Å²) in [5.41, 5.74) is 1.38. The molecule has 3 N–H and O–H groups in total. The van der Waals surface area contributed by atoms with Gasteiger partial charge in [0.2, 0.25) is 0 Å². The molecule has 3 aromatic rings. The van der Waals surface area contributed by atoms with Crippen LogP contribution in [0.1, 0.15) is 12.0 Å². The zero-order valence-electron chi connectivity index (χ0n) is 14.5. The fourth-order valence-electron chi connectivity index (χ4n) is 2.39. The Morgan fingerprint density at radius 1 is 1.22 bits per heavy atom. The van der Waals surface area contributed by atoms with Gasteiger partial charge in [-0.25, -0.2) is 0 Å². The van der Waals surface area contributed by atoms with Gasteiger partial charge < -0.3 is 15.2 Å². The molecule has 27 heavy (non-hydrogen) atoms. The monoisotopic (exact) mass is 393 g/mol. The molecule has 0 atom stereocenters. The Balaban J connectivity index is 1.81. The van der Waals surface area contributed by atoms with E-state index in [0.29, 0.717) is 29.8 Å². The van der Waals surface area contributed by atoms with Crippen molar-refractivity contribution in [2.75, 3.05) is 18.5 Å². The minimum Gasteiger partial charge on any atom is -0.463 e. The molecule has 3 rings (SSSR count). The van der Waals surface area contributed by atoms with Crippen LogP contribution in [-0.2, 0) is 23.7 Å². The smallest absolute Gasteiger partial charge is 0.320 e. The molecule has 0 radical (unpaired) electrons. The fourth-order valence-corrected chi connectivity index (χ4v) is 2.87. The molecule has 0 saturated heterocycles. The van der Waals surface area contributed by atoms with Crippen molar-refractivity contribution in [1.29, 1.82) is 0 Å². The molecule has 0 saturated carbocycles. The van der Waals surface area contributed by atoms with Gasteiger partial charge in [0.1, 0.15) is 5.82 Å². The Bertz CT molecular complexity index is 1030. The van der Waals surface area contributed by atoms with E-state index in [1.54, 1.807) is 30.1 Å². The summed E-state index contributed by atoms with van der Waals surface area (Å²) in [6, 6.07) is 6.02. The number of anilines is 1. The number of rotatable bonds is 8. The van der Waals surface area contributed by atoms with Crippen LogP contribution in [0.3, 0.4) is 0 Å². The van der Waals surface area contributed by atoms with E-state index in [2.05, 4.69) is 20.4 Å². The average molecular weight is 393 g/mol. The van der Waals surface area contributed by atoms with Crippen molar-refractivity contribution in [3.05, 3.63) is 36.0 Å². The number of aromatic nitrogens is 4. The lowest BCUT2D eigenvalue weighted by Crippen LogP contribution is -2.08. The molecular weight excluding hydrogens is 374 g/mol. The van der Waals surface area contributed by atoms with Gasteiger partial charge in [0, 0.05) is 26.6 Å². The lowest BCUT2D eigenvalue weighted by Gasteiger charge is -2.10. The van der Waals surface area contributed by atoms with Gasteiger partial charge in [-0.2, -0.15) is 23.5 Å². The maximum atomic E-state index is 11.1. The number of hydrogen-bond donors (Lipinski definition) is 3. The number of fused-ring (bicyclic) bond motifs is 1. The van der Waals surface area contributed by atoms with Gasteiger partial charge in [0.05, 0.1) is 23.1 Å². The van der Waals surface area contributed by atoms with Crippen LogP contribution in [0, 0.1) is 0 Å². The highest BCUT2D eigenvalue weighted by molar-refractivity contribution is 7.85. The number of aryl methyl sites for hydroxylation is 1. The number of aliphatic hydroxyl groups is 1. The SMILES string of the molecule is Cn1ncc2c(NCc3ccc(S(=O)(=O)O)cc3)nc(OCCCO)nc21. The lowest BCUT2D eigenvalue weighted by atomic mass is 10.2. The lowest BCUT2D eigenvalue weighted by molar-refractivity contribution is 0.224. The van der Waals surface area contributed by atoms with Crippen LogP contribution in [0.2, 0.25) is 0 Å². The van der Waals surface area contributed by atoms with Gasteiger partial charge in [-0.15, -0.1) is 0 Å². The molecule has 0 aliphatic rings. The quantitative estimate of drug-likeness (QED) is 0.377. The highest BCUT2D eigenvalue weighted by Gasteiger charge is 2.13. The van der Waals surface area contributed by atoms with Crippen LogP contribution >= 0.6 is 0 Å². The van der Waals surface area contributed by atoms with Crippen LogP contribution in [0.25, 0.3) is 11.0 Å². The van der Waals surface area contributed by atoms with E-state index in [-0.39, 0.29) is 24.1 Å².